The molecule has 0 saturated carbocycles. The molecule has 154 valence electrons. The highest BCUT2D eigenvalue weighted by molar-refractivity contribution is 6.46. The monoisotopic (exact) mass is 413 g/mol. The number of carbonyl (C=O) groups is 2. The minimum atomic E-state index is -0.510. The molecule has 0 aliphatic carbocycles. The molecule has 1 aliphatic rings. The Morgan fingerprint density at radius 2 is 1.52 bits per heavy atom. The Morgan fingerprint density at radius 1 is 0.839 bits per heavy atom. The summed E-state index contributed by atoms with van der Waals surface area (Å²) in [5, 5.41) is 14.1. The number of anilines is 2. The highest BCUT2D eigenvalue weighted by atomic mass is 16.6. The standard InChI is InChI=1S/C24H19N3O4/c1-15-6-10-18(11-7-15)25-22-21(17-8-12-19(13-9-17)27(30)31)23(28)26(24(22)29)20-5-3-4-16(2)14-20/h3-14,25H,1-2H3. The second-order valence-electron chi connectivity index (χ2n) is 7.33. The van der Waals surface area contributed by atoms with Gasteiger partial charge in [-0.1, -0.05) is 29.8 Å². The van der Waals surface area contributed by atoms with Gasteiger partial charge in [0.25, 0.3) is 17.5 Å². The number of amides is 2. The summed E-state index contributed by atoms with van der Waals surface area (Å²) in [7, 11) is 0. The van der Waals surface area contributed by atoms with E-state index in [1.54, 1.807) is 18.2 Å². The fraction of sp³-hybridized carbons (Fsp3) is 0.0833. The zero-order valence-corrected chi connectivity index (χ0v) is 17.0. The molecule has 0 saturated heterocycles. The number of hydrogen-bond donors (Lipinski definition) is 1. The van der Waals surface area contributed by atoms with Gasteiger partial charge in [-0.05, 0) is 61.4 Å². The van der Waals surface area contributed by atoms with E-state index >= 15 is 0 Å². The van der Waals surface area contributed by atoms with Crippen molar-refractivity contribution in [3.05, 3.63) is 105 Å². The zero-order chi connectivity index (χ0) is 22.1. The van der Waals surface area contributed by atoms with Crippen molar-refractivity contribution in [2.24, 2.45) is 0 Å². The van der Waals surface area contributed by atoms with Crippen LogP contribution >= 0.6 is 0 Å². The van der Waals surface area contributed by atoms with Crippen molar-refractivity contribution in [1.29, 1.82) is 0 Å². The Bertz CT molecular complexity index is 1230. The molecule has 7 heteroatoms. The van der Waals surface area contributed by atoms with Crippen LogP contribution in [0.4, 0.5) is 17.1 Å². The van der Waals surface area contributed by atoms with Gasteiger partial charge in [0.2, 0.25) is 0 Å². The maximum absolute atomic E-state index is 13.4. The van der Waals surface area contributed by atoms with Crippen LogP contribution in [-0.2, 0) is 9.59 Å². The van der Waals surface area contributed by atoms with Crippen molar-refractivity contribution in [1.82, 2.24) is 0 Å². The van der Waals surface area contributed by atoms with Gasteiger partial charge < -0.3 is 5.32 Å². The highest BCUT2D eigenvalue weighted by Gasteiger charge is 2.40. The Balaban J connectivity index is 1.82. The van der Waals surface area contributed by atoms with Gasteiger partial charge in [-0.25, -0.2) is 4.90 Å². The van der Waals surface area contributed by atoms with Gasteiger partial charge in [0, 0.05) is 17.8 Å². The van der Waals surface area contributed by atoms with E-state index in [1.165, 1.54) is 24.3 Å². The zero-order valence-electron chi connectivity index (χ0n) is 17.0. The molecule has 1 aliphatic heterocycles. The molecule has 3 aromatic rings. The van der Waals surface area contributed by atoms with Gasteiger partial charge in [-0.2, -0.15) is 0 Å². The topological polar surface area (TPSA) is 92.6 Å². The number of non-ortho nitro benzene ring substituents is 1. The summed E-state index contributed by atoms with van der Waals surface area (Å²) < 4.78 is 0. The predicted molar refractivity (Wildman–Crippen MR) is 118 cm³/mol. The Kier molecular flexibility index (Phi) is 5.09. The van der Waals surface area contributed by atoms with Gasteiger partial charge >= 0.3 is 0 Å². The van der Waals surface area contributed by atoms with Crippen LogP contribution in [-0.4, -0.2) is 16.7 Å². The van der Waals surface area contributed by atoms with Crippen LogP contribution in [0.3, 0.4) is 0 Å². The van der Waals surface area contributed by atoms with Gasteiger partial charge in [0.05, 0.1) is 16.2 Å². The highest BCUT2D eigenvalue weighted by Crippen LogP contribution is 2.34. The normalized spacial score (nSPS) is 13.7. The minimum Gasteiger partial charge on any atom is -0.350 e. The SMILES string of the molecule is Cc1ccc(NC2=C(c3ccc([N+](=O)[O-])cc3)C(=O)N(c3cccc(C)c3)C2=O)cc1. The van der Waals surface area contributed by atoms with E-state index < -0.39 is 16.7 Å². The van der Waals surface area contributed by atoms with E-state index in [0.717, 1.165) is 16.0 Å². The second kappa shape index (κ2) is 7.87. The molecule has 31 heavy (non-hydrogen) atoms. The molecule has 0 radical (unpaired) electrons. The molecule has 2 amide bonds. The van der Waals surface area contributed by atoms with Crippen LogP contribution in [0.15, 0.2) is 78.5 Å². The molecule has 0 fully saturated rings. The molecule has 1 N–H and O–H groups in total. The summed E-state index contributed by atoms with van der Waals surface area (Å²) in [5.41, 5.74) is 3.73. The first kappa shape index (κ1) is 20.0. The van der Waals surface area contributed by atoms with Crippen molar-refractivity contribution < 1.29 is 14.5 Å². The predicted octanol–water partition coefficient (Wildman–Crippen LogP) is 4.61. The summed E-state index contributed by atoms with van der Waals surface area (Å²) in [4.78, 5) is 38.3. The summed E-state index contributed by atoms with van der Waals surface area (Å²) in [6.45, 7) is 3.83. The van der Waals surface area contributed by atoms with E-state index in [-0.39, 0.29) is 17.0 Å². The number of benzene rings is 3. The summed E-state index contributed by atoms with van der Waals surface area (Å²) in [6.07, 6.45) is 0. The maximum Gasteiger partial charge on any atom is 0.282 e. The molecule has 0 spiro atoms. The quantitative estimate of drug-likeness (QED) is 0.375. The number of nitro benzene ring substituents is 1. The van der Waals surface area contributed by atoms with Crippen LogP contribution in [0, 0.1) is 24.0 Å². The van der Waals surface area contributed by atoms with Crippen LogP contribution in [0.2, 0.25) is 0 Å². The van der Waals surface area contributed by atoms with Crippen molar-refractivity contribution in [3.63, 3.8) is 0 Å². The van der Waals surface area contributed by atoms with Gasteiger partial charge in [-0.3, -0.25) is 19.7 Å². The number of hydrogen-bond acceptors (Lipinski definition) is 5. The second-order valence-corrected chi connectivity index (χ2v) is 7.33. The molecule has 4 rings (SSSR count). The average Bonchev–Trinajstić information content (AvgIpc) is 2.99. The first-order chi connectivity index (χ1) is 14.8. The van der Waals surface area contributed by atoms with Crippen molar-refractivity contribution in [2.75, 3.05) is 10.2 Å². The molecule has 0 bridgehead atoms. The van der Waals surface area contributed by atoms with E-state index in [9.17, 15) is 19.7 Å². The fourth-order valence-corrected chi connectivity index (χ4v) is 3.45. The smallest absolute Gasteiger partial charge is 0.282 e. The van der Waals surface area contributed by atoms with Gasteiger partial charge in [0.1, 0.15) is 5.70 Å². The lowest BCUT2D eigenvalue weighted by molar-refractivity contribution is -0.384. The van der Waals surface area contributed by atoms with E-state index in [1.807, 2.05) is 44.2 Å². The third-order valence-corrected chi connectivity index (χ3v) is 5.03. The van der Waals surface area contributed by atoms with Crippen LogP contribution in [0.1, 0.15) is 16.7 Å². The first-order valence-electron chi connectivity index (χ1n) is 9.63. The van der Waals surface area contributed by atoms with Crippen LogP contribution in [0.25, 0.3) is 5.57 Å². The van der Waals surface area contributed by atoms with Gasteiger partial charge in [-0.15, -0.1) is 0 Å². The largest absolute Gasteiger partial charge is 0.350 e. The average molecular weight is 413 g/mol. The van der Waals surface area contributed by atoms with Crippen LogP contribution in [0.5, 0.6) is 0 Å². The fourth-order valence-electron chi connectivity index (χ4n) is 3.45. The number of imide groups is 1. The maximum atomic E-state index is 13.4. The molecule has 0 unspecified atom stereocenters. The molecule has 3 aromatic carbocycles. The lowest BCUT2D eigenvalue weighted by atomic mass is 10.0. The molecule has 1 heterocycles. The summed E-state index contributed by atoms with van der Waals surface area (Å²) in [6, 6.07) is 20.2. The van der Waals surface area contributed by atoms with Crippen molar-refractivity contribution in [2.45, 2.75) is 13.8 Å². The number of nitrogens with one attached hydrogen (secondary N) is 1. The summed E-state index contributed by atoms with van der Waals surface area (Å²) >= 11 is 0. The third kappa shape index (κ3) is 3.81. The minimum absolute atomic E-state index is 0.0929. The molecule has 0 atom stereocenters. The summed E-state index contributed by atoms with van der Waals surface area (Å²) in [5.74, 6) is -0.969. The molecule has 7 nitrogen and oxygen atoms in total. The van der Waals surface area contributed by atoms with E-state index in [2.05, 4.69) is 5.32 Å². The number of aryl methyl sites for hydroxylation is 2. The lowest BCUT2D eigenvalue weighted by Gasteiger charge is -2.16. The molecular formula is C24H19N3O4. The number of nitrogens with zero attached hydrogens (tertiary/aromatic N) is 2. The van der Waals surface area contributed by atoms with Crippen LogP contribution < -0.4 is 10.2 Å². The Hall–Kier alpha value is -4.26. The Labute approximate surface area is 178 Å². The van der Waals surface area contributed by atoms with Crippen molar-refractivity contribution in [3.8, 4) is 0 Å². The lowest BCUT2D eigenvalue weighted by Crippen LogP contribution is -2.32. The molecular weight excluding hydrogens is 394 g/mol. The van der Waals surface area contributed by atoms with E-state index in [4.69, 9.17) is 0 Å². The first-order valence-corrected chi connectivity index (χ1v) is 9.63. The Morgan fingerprint density at radius 3 is 2.13 bits per heavy atom. The third-order valence-electron chi connectivity index (χ3n) is 5.03. The molecule has 0 aromatic heterocycles. The number of rotatable bonds is 5. The van der Waals surface area contributed by atoms with Crippen molar-refractivity contribution >= 4 is 34.4 Å². The number of nitro groups is 1. The number of carbonyl (C=O) groups excluding carboxylic acids is 2. The van der Waals surface area contributed by atoms with Gasteiger partial charge in [0.15, 0.2) is 0 Å². The van der Waals surface area contributed by atoms with E-state index in [0.29, 0.717) is 16.9 Å².